The van der Waals surface area contributed by atoms with Crippen molar-refractivity contribution < 1.29 is 30.9 Å². The number of hydrogen-bond acceptors (Lipinski definition) is 5. The maximum Gasteiger partial charge on any atom is 0.387 e. The highest BCUT2D eigenvalue weighted by atomic mass is 32.2. The molecule has 0 radical (unpaired) electrons. The zero-order valence-corrected chi connectivity index (χ0v) is 16.0. The van der Waals surface area contributed by atoms with Gasteiger partial charge in [0, 0.05) is 7.11 Å². The molecule has 0 unspecified atom stereocenters. The molecule has 0 aromatic heterocycles. The SMILES string of the molecule is COCCc1ccc(OS(=O)(=O)C2=Cc3ccc(OC(F)F)cc3CC2)cc1. The molecule has 3 rings (SSSR count). The molecule has 1 aliphatic carbocycles. The molecule has 28 heavy (non-hydrogen) atoms. The summed E-state index contributed by atoms with van der Waals surface area (Å²) in [6.45, 7) is -2.32. The Kier molecular flexibility index (Phi) is 6.31. The van der Waals surface area contributed by atoms with E-state index in [9.17, 15) is 17.2 Å². The summed E-state index contributed by atoms with van der Waals surface area (Å²) >= 11 is 0. The first kappa shape index (κ1) is 20.3. The number of alkyl halides is 2. The highest BCUT2D eigenvalue weighted by Crippen LogP contribution is 2.31. The van der Waals surface area contributed by atoms with Crippen molar-refractivity contribution in [2.24, 2.45) is 0 Å². The van der Waals surface area contributed by atoms with Gasteiger partial charge in [-0.2, -0.15) is 17.2 Å². The summed E-state index contributed by atoms with van der Waals surface area (Å²) in [5.41, 5.74) is 2.41. The molecule has 0 saturated carbocycles. The van der Waals surface area contributed by atoms with Crippen LogP contribution in [0.25, 0.3) is 6.08 Å². The summed E-state index contributed by atoms with van der Waals surface area (Å²) in [6.07, 6.45) is 2.84. The zero-order valence-electron chi connectivity index (χ0n) is 15.2. The van der Waals surface area contributed by atoms with Crippen molar-refractivity contribution in [1.82, 2.24) is 0 Å². The van der Waals surface area contributed by atoms with Gasteiger partial charge in [-0.05, 0) is 66.3 Å². The molecule has 0 spiro atoms. The molecule has 150 valence electrons. The molecule has 0 amide bonds. The highest BCUT2D eigenvalue weighted by molar-refractivity contribution is 7.91. The van der Waals surface area contributed by atoms with E-state index >= 15 is 0 Å². The molecule has 0 heterocycles. The average Bonchev–Trinajstić information content (AvgIpc) is 2.66. The van der Waals surface area contributed by atoms with E-state index in [-0.39, 0.29) is 22.8 Å². The van der Waals surface area contributed by atoms with E-state index in [1.807, 2.05) is 0 Å². The monoisotopic (exact) mass is 410 g/mol. The highest BCUT2D eigenvalue weighted by Gasteiger charge is 2.24. The van der Waals surface area contributed by atoms with Crippen molar-refractivity contribution in [2.75, 3.05) is 13.7 Å². The second-order valence-electron chi connectivity index (χ2n) is 6.27. The fourth-order valence-electron chi connectivity index (χ4n) is 2.93. The molecule has 0 saturated heterocycles. The Morgan fingerprint density at radius 1 is 1.04 bits per heavy atom. The van der Waals surface area contributed by atoms with Crippen molar-refractivity contribution in [3.05, 3.63) is 64.1 Å². The standard InChI is InChI=1S/C20H20F2O5S/c1-25-11-10-14-2-6-17(7-3-14)27-28(23,24)19-9-5-15-12-18(26-20(21)22)8-4-16(15)13-19/h2-4,6-8,12-13,20H,5,9-11H2,1H3. The number of rotatable bonds is 8. The van der Waals surface area contributed by atoms with Gasteiger partial charge in [0.05, 0.1) is 11.5 Å². The first-order chi connectivity index (χ1) is 13.4. The van der Waals surface area contributed by atoms with Crippen molar-refractivity contribution in [3.63, 3.8) is 0 Å². The molecule has 0 atom stereocenters. The number of methoxy groups -OCH3 is 1. The lowest BCUT2D eigenvalue weighted by Crippen LogP contribution is -2.15. The quantitative estimate of drug-likeness (QED) is 0.611. The molecule has 8 heteroatoms. The van der Waals surface area contributed by atoms with E-state index in [2.05, 4.69) is 4.74 Å². The number of aryl methyl sites for hydroxylation is 1. The maximum absolute atomic E-state index is 12.6. The van der Waals surface area contributed by atoms with E-state index in [1.165, 1.54) is 18.2 Å². The van der Waals surface area contributed by atoms with Crippen molar-refractivity contribution in [3.8, 4) is 11.5 Å². The maximum atomic E-state index is 12.6. The fourth-order valence-corrected chi connectivity index (χ4v) is 4.02. The zero-order chi connectivity index (χ0) is 20.1. The third-order valence-corrected chi connectivity index (χ3v) is 5.72. The molecule has 2 aromatic carbocycles. The Hall–Kier alpha value is -2.45. The van der Waals surface area contributed by atoms with Gasteiger partial charge in [0.2, 0.25) is 0 Å². The predicted octanol–water partition coefficient (Wildman–Crippen LogP) is 4.17. The van der Waals surface area contributed by atoms with Crippen LogP contribution < -0.4 is 8.92 Å². The van der Waals surface area contributed by atoms with Crippen molar-refractivity contribution in [1.29, 1.82) is 0 Å². The van der Waals surface area contributed by atoms with E-state index in [0.717, 1.165) is 17.5 Å². The first-order valence-electron chi connectivity index (χ1n) is 8.68. The van der Waals surface area contributed by atoms with Gasteiger partial charge in [0.15, 0.2) is 0 Å². The van der Waals surface area contributed by atoms with Crippen LogP contribution in [0.5, 0.6) is 11.5 Å². The van der Waals surface area contributed by atoms with Gasteiger partial charge in [-0.3, -0.25) is 0 Å². The van der Waals surface area contributed by atoms with Gasteiger partial charge >= 0.3 is 16.7 Å². The predicted molar refractivity (Wildman–Crippen MR) is 101 cm³/mol. The summed E-state index contributed by atoms with van der Waals surface area (Å²) in [5, 5.41) is 0. The lowest BCUT2D eigenvalue weighted by Gasteiger charge is -2.18. The van der Waals surface area contributed by atoms with Crippen LogP contribution in [0.4, 0.5) is 8.78 Å². The first-order valence-corrected chi connectivity index (χ1v) is 10.1. The molecule has 1 aliphatic rings. The van der Waals surface area contributed by atoms with Crippen LogP contribution in [0.3, 0.4) is 0 Å². The van der Waals surface area contributed by atoms with Crippen LogP contribution in [0.1, 0.15) is 23.1 Å². The molecule has 0 bridgehead atoms. The average molecular weight is 410 g/mol. The molecule has 5 nitrogen and oxygen atoms in total. The number of benzene rings is 2. The van der Waals surface area contributed by atoms with Crippen LogP contribution >= 0.6 is 0 Å². The third-order valence-electron chi connectivity index (χ3n) is 4.34. The fraction of sp³-hybridized carbons (Fsp3) is 0.300. The van der Waals surface area contributed by atoms with Crippen molar-refractivity contribution in [2.45, 2.75) is 25.9 Å². The summed E-state index contributed by atoms with van der Waals surface area (Å²) in [6, 6.07) is 11.2. The molecule has 0 fully saturated rings. The summed E-state index contributed by atoms with van der Waals surface area (Å²) in [7, 11) is -2.34. The van der Waals surface area contributed by atoms with Gasteiger partial charge in [-0.1, -0.05) is 18.2 Å². The van der Waals surface area contributed by atoms with Gasteiger partial charge in [-0.15, -0.1) is 0 Å². The minimum Gasteiger partial charge on any atom is -0.435 e. The lowest BCUT2D eigenvalue weighted by atomic mass is 9.97. The van der Waals surface area contributed by atoms with E-state index in [4.69, 9.17) is 8.92 Å². The minimum absolute atomic E-state index is 0.0540. The van der Waals surface area contributed by atoms with Crippen LogP contribution in [-0.4, -0.2) is 28.7 Å². The second kappa shape index (κ2) is 8.70. The van der Waals surface area contributed by atoms with Crippen LogP contribution in [0, 0.1) is 0 Å². The van der Waals surface area contributed by atoms with Crippen LogP contribution in [0.15, 0.2) is 47.4 Å². The summed E-state index contributed by atoms with van der Waals surface area (Å²) in [4.78, 5) is 0.144. The second-order valence-corrected chi connectivity index (χ2v) is 7.87. The Labute approximate surface area is 162 Å². The molecule has 0 aliphatic heterocycles. The number of fused-ring (bicyclic) bond motifs is 1. The van der Waals surface area contributed by atoms with Gasteiger partial charge in [-0.25, -0.2) is 0 Å². The summed E-state index contributed by atoms with van der Waals surface area (Å²) < 4.78 is 64.5. The molecule has 2 aromatic rings. The number of ether oxygens (including phenoxy) is 2. The topological polar surface area (TPSA) is 61.8 Å². The van der Waals surface area contributed by atoms with Gasteiger partial charge < -0.3 is 13.7 Å². The Balaban J connectivity index is 1.74. The minimum atomic E-state index is -3.95. The van der Waals surface area contributed by atoms with Crippen LogP contribution in [-0.2, 0) is 27.7 Å². The summed E-state index contributed by atoms with van der Waals surface area (Å²) in [5.74, 6) is 0.284. The Morgan fingerprint density at radius 2 is 1.75 bits per heavy atom. The Bertz CT molecular complexity index is 953. The third kappa shape index (κ3) is 5.08. The van der Waals surface area contributed by atoms with E-state index in [1.54, 1.807) is 37.4 Å². The molecule has 0 N–H and O–H groups in total. The molecular formula is C20H20F2O5S. The number of halogens is 2. The van der Waals surface area contributed by atoms with Crippen molar-refractivity contribution >= 4 is 16.2 Å². The normalized spacial score (nSPS) is 13.8. The smallest absolute Gasteiger partial charge is 0.387 e. The molecular weight excluding hydrogens is 390 g/mol. The number of allylic oxidation sites excluding steroid dienone is 1. The lowest BCUT2D eigenvalue weighted by molar-refractivity contribution is -0.0498. The van der Waals surface area contributed by atoms with E-state index < -0.39 is 16.7 Å². The van der Waals surface area contributed by atoms with Crippen LogP contribution in [0.2, 0.25) is 0 Å². The van der Waals surface area contributed by atoms with Gasteiger partial charge in [0.25, 0.3) is 0 Å². The Morgan fingerprint density at radius 3 is 2.43 bits per heavy atom. The largest absolute Gasteiger partial charge is 0.435 e. The van der Waals surface area contributed by atoms with Gasteiger partial charge in [0.1, 0.15) is 11.5 Å². The number of hydrogen-bond donors (Lipinski definition) is 0. The van der Waals surface area contributed by atoms with E-state index in [0.29, 0.717) is 18.6 Å².